The first kappa shape index (κ1) is 21.7. The summed E-state index contributed by atoms with van der Waals surface area (Å²) in [5, 5.41) is 21.9. The van der Waals surface area contributed by atoms with Gasteiger partial charge in [-0.25, -0.2) is 4.98 Å². The molecule has 0 spiro atoms. The van der Waals surface area contributed by atoms with Crippen molar-refractivity contribution in [3.8, 4) is 22.9 Å². The monoisotopic (exact) mass is 460 g/mol. The summed E-state index contributed by atoms with van der Waals surface area (Å²) in [6.45, 7) is 1.90. The number of nitrogen functional groups attached to an aromatic ring is 1. The van der Waals surface area contributed by atoms with E-state index in [2.05, 4.69) is 31.6 Å². The van der Waals surface area contributed by atoms with Crippen LogP contribution in [0.2, 0.25) is 0 Å². The van der Waals surface area contributed by atoms with Crippen LogP contribution < -0.4 is 16.6 Å². The van der Waals surface area contributed by atoms with E-state index in [0.29, 0.717) is 22.6 Å². The number of rotatable bonds is 5. The van der Waals surface area contributed by atoms with Crippen LogP contribution in [0.5, 0.6) is 0 Å². The van der Waals surface area contributed by atoms with E-state index in [-0.39, 0.29) is 17.1 Å². The maximum absolute atomic E-state index is 14.1. The highest BCUT2D eigenvalue weighted by atomic mass is 16.1. The molecule has 0 unspecified atom stereocenters. The Hall–Kier alpha value is -5.10. The lowest BCUT2D eigenvalue weighted by atomic mass is 9.99. The number of benzene rings is 2. The minimum Gasteiger partial charge on any atom is -0.368 e. The third kappa shape index (κ3) is 4.05. The number of aromatic nitrogens is 5. The Morgan fingerprint density at radius 3 is 2.63 bits per heavy atom. The first-order valence-electron chi connectivity index (χ1n) is 10.9. The highest BCUT2D eigenvalue weighted by Gasteiger charge is 2.20. The number of hydrogen-bond acceptors (Lipinski definition) is 8. The van der Waals surface area contributed by atoms with E-state index in [1.54, 1.807) is 17.0 Å². The number of nitrogens with two attached hydrogens (primary N) is 1. The van der Waals surface area contributed by atoms with E-state index in [0.717, 1.165) is 16.5 Å². The van der Waals surface area contributed by atoms with Crippen LogP contribution in [0, 0.1) is 11.3 Å². The fourth-order valence-corrected chi connectivity index (χ4v) is 4.10. The molecule has 170 valence electrons. The summed E-state index contributed by atoms with van der Waals surface area (Å²) in [5.74, 6) is 0.351. The number of nitrogens with one attached hydrogen (secondary N) is 1. The second-order valence-corrected chi connectivity index (χ2v) is 7.91. The number of pyridine rings is 1. The molecule has 0 aliphatic rings. The van der Waals surface area contributed by atoms with Crippen molar-refractivity contribution in [2.75, 3.05) is 11.1 Å². The minimum absolute atomic E-state index is 0.0493. The Morgan fingerprint density at radius 2 is 1.89 bits per heavy atom. The van der Waals surface area contributed by atoms with Crippen molar-refractivity contribution in [1.82, 2.24) is 24.7 Å². The molecular weight excluding hydrogens is 440 g/mol. The average Bonchev–Trinajstić information content (AvgIpc) is 2.89. The molecule has 5 aromatic rings. The third-order valence-electron chi connectivity index (χ3n) is 5.71. The van der Waals surface area contributed by atoms with Gasteiger partial charge in [0, 0.05) is 16.9 Å². The smallest absolute Gasteiger partial charge is 0.263 e. The van der Waals surface area contributed by atoms with Gasteiger partial charge in [-0.3, -0.25) is 9.36 Å². The largest absolute Gasteiger partial charge is 0.368 e. The molecule has 3 heterocycles. The molecule has 3 aromatic heterocycles. The zero-order chi connectivity index (χ0) is 24.4. The predicted molar refractivity (Wildman–Crippen MR) is 134 cm³/mol. The summed E-state index contributed by atoms with van der Waals surface area (Å²) in [4.78, 5) is 22.2. The van der Waals surface area contributed by atoms with Crippen molar-refractivity contribution in [3.63, 3.8) is 0 Å². The Balaban J connectivity index is 1.75. The van der Waals surface area contributed by atoms with Crippen LogP contribution in [0.3, 0.4) is 0 Å². The van der Waals surface area contributed by atoms with Gasteiger partial charge in [0.25, 0.3) is 5.56 Å². The van der Waals surface area contributed by atoms with Gasteiger partial charge in [0.05, 0.1) is 30.0 Å². The van der Waals surface area contributed by atoms with Crippen LogP contribution in [0.4, 0.5) is 11.8 Å². The molecule has 0 saturated carbocycles. The molecule has 0 aliphatic heterocycles. The summed E-state index contributed by atoms with van der Waals surface area (Å²) < 4.78 is 1.68. The van der Waals surface area contributed by atoms with E-state index in [1.807, 2.05) is 67.6 Å². The lowest BCUT2D eigenvalue weighted by molar-refractivity contribution is 0.772. The standard InChI is InChI=1S/C26H20N8O/c1-16(32-24-19(13-27)14-29-26(28)33-24)22-12-17-6-5-9-21(18-10-11-30-31-15-18)23(17)25(35)34(22)20-7-3-2-4-8-20/h2-12,14-16H,1H3,(H3,28,29,32,33)/t16-/m1/s1. The third-order valence-corrected chi connectivity index (χ3v) is 5.71. The van der Waals surface area contributed by atoms with Gasteiger partial charge < -0.3 is 11.1 Å². The normalized spacial score (nSPS) is 11.7. The maximum Gasteiger partial charge on any atom is 0.263 e. The molecule has 2 aromatic carbocycles. The van der Waals surface area contributed by atoms with E-state index >= 15 is 0 Å². The molecule has 0 saturated heterocycles. The molecule has 0 amide bonds. The Labute approximate surface area is 200 Å². The van der Waals surface area contributed by atoms with Crippen molar-refractivity contribution in [2.24, 2.45) is 0 Å². The van der Waals surface area contributed by atoms with E-state index in [1.165, 1.54) is 6.20 Å². The van der Waals surface area contributed by atoms with Gasteiger partial charge in [-0.2, -0.15) is 20.4 Å². The molecule has 0 fully saturated rings. The molecule has 5 rings (SSSR count). The molecular formula is C26H20N8O. The number of hydrogen-bond donors (Lipinski definition) is 2. The van der Waals surface area contributed by atoms with Crippen molar-refractivity contribution < 1.29 is 0 Å². The molecule has 0 aliphatic carbocycles. The van der Waals surface area contributed by atoms with Crippen molar-refractivity contribution in [2.45, 2.75) is 13.0 Å². The summed E-state index contributed by atoms with van der Waals surface area (Å²) in [7, 11) is 0. The van der Waals surface area contributed by atoms with Gasteiger partial charge in [-0.05, 0) is 42.1 Å². The van der Waals surface area contributed by atoms with Gasteiger partial charge in [-0.15, -0.1) is 0 Å². The Morgan fingerprint density at radius 1 is 1.06 bits per heavy atom. The number of anilines is 2. The van der Waals surface area contributed by atoms with Crippen LogP contribution in [-0.2, 0) is 0 Å². The van der Waals surface area contributed by atoms with Gasteiger partial charge in [0.15, 0.2) is 0 Å². The number of nitrogens with zero attached hydrogens (tertiary/aromatic N) is 6. The van der Waals surface area contributed by atoms with E-state index in [4.69, 9.17) is 5.73 Å². The average molecular weight is 461 g/mol. The fraction of sp³-hybridized carbons (Fsp3) is 0.0769. The van der Waals surface area contributed by atoms with E-state index in [9.17, 15) is 10.1 Å². The van der Waals surface area contributed by atoms with Gasteiger partial charge >= 0.3 is 0 Å². The van der Waals surface area contributed by atoms with E-state index < -0.39 is 6.04 Å². The molecule has 9 heteroatoms. The summed E-state index contributed by atoms with van der Waals surface area (Å²) in [6.07, 6.45) is 4.61. The van der Waals surface area contributed by atoms with Gasteiger partial charge in [0.2, 0.25) is 5.95 Å². The SMILES string of the molecule is C[C@@H](Nc1nc(N)ncc1C#N)c1cc2cccc(-c3ccnnc3)c2c(=O)n1-c1ccccc1. The molecule has 1 atom stereocenters. The first-order valence-corrected chi connectivity index (χ1v) is 10.9. The molecule has 0 bridgehead atoms. The predicted octanol–water partition coefficient (Wildman–Crippen LogP) is 3.86. The topological polar surface area (TPSA) is 135 Å². The highest BCUT2D eigenvalue weighted by molar-refractivity contribution is 5.96. The van der Waals surface area contributed by atoms with Crippen LogP contribution >= 0.6 is 0 Å². The lowest BCUT2D eigenvalue weighted by Gasteiger charge is -2.22. The quantitative estimate of drug-likeness (QED) is 0.403. The fourth-order valence-electron chi connectivity index (χ4n) is 4.10. The van der Waals surface area contributed by atoms with Crippen molar-refractivity contribution >= 4 is 22.5 Å². The summed E-state index contributed by atoms with van der Waals surface area (Å²) in [6, 6.07) is 20.6. The zero-order valence-electron chi connectivity index (χ0n) is 18.8. The highest BCUT2D eigenvalue weighted by Crippen LogP contribution is 2.30. The minimum atomic E-state index is -0.403. The molecule has 3 N–H and O–H groups in total. The number of para-hydroxylation sites is 1. The summed E-state index contributed by atoms with van der Waals surface area (Å²) >= 11 is 0. The van der Waals surface area contributed by atoms with Gasteiger partial charge in [-0.1, -0.05) is 36.4 Å². The maximum atomic E-state index is 14.1. The molecule has 9 nitrogen and oxygen atoms in total. The Kier molecular flexibility index (Phi) is 5.61. The zero-order valence-corrected chi connectivity index (χ0v) is 18.8. The van der Waals surface area contributed by atoms with Crippen LogP contribution in [0.15, 0.2) is 84.0 Å². The molecule has 0 radical (unpaired) electrons. The first-order chi connectivity index (χ1) is 17.1. The Bertz CT molecular complexity index is 1630. The van der Waals surface area contributed by atoms with Crippen LogP contribution in [-0.4, -0.2) is 24.7 Å². The molecule has 35 heavy (non-hydrogen) atoms. The second-order valence-electron chi connectivity index (χ2n) is 7.91. The van der Waals surface area contributed by atoms with Crippen LogP contribution in [0.1, 0.15) is 24.2 Å². The van der Waals surface area contributed by atoms with Gasteiger partial charge in [0.1, 0.15) is 17.5 Å². The summed E-state index contributed by atoms with van der Waals surface area (Å²) in [5.41, 5.74) is 8.82. The van der Waals surface area contributed by atoms with Crippen molar-refractivity contribution in [1.29, 1.82) is 5.26 Å². The second kappa shape index (κ2) is 9.03. The lowest BCUT2D eigenvalue weighted by Crippen LogP contribution is -2.26. The van der Waals surface area contributed by atoms with Crippen molar-refractivity contribution in [3.05, 3.63) is 101 Å². The number of nitriles is 1. The van der Waals surface area contributed by atoms with Crippen LogP contribution in [0.25, 0.3) is 27.6 Å². The number of fused-ring (bicyclic) bond motifs is 1.